The van der Waals surface area contributed by atoms with E-state index >= 15 is 0 Å². The lowest BCUT2D eigenvalue weighted by atomic mass is 9.54. The Bertz CT molecular complexity index is 806. The fourth-order valence-electron chi connectivity index (χ4n) is 5.39. The number of alkyl halides is 1. The minimum absolute atomic E-state index is 0.00720. The molecule has 3 saturated heterocycles. The Morgan fingerprint density at radius 2 is 2.08 bits per heavy atom. The first-order valence-electron chi connectivity index (χ1n) is 8.91. The van der Waals surface area contributed by atoms with Gasteiger partial charge in [0.05, 0.1) is 25.7 Å². The van der Waals surface area contributed by atoms with Gasteiger partial charge in [-0.1, -0.05) is 52.3 Å². The van der Waals surface area contributed by atoms with E-state index in [0.29, 0.717) is 13.0 Å². The molecule has 1 aromatic rings. The largest absolute Gasteiger partial charge is 0.469 e. The fourth-order valence-corrected chi connectivity index (χ4v) is 6.41. The normalized spacial score (nSPS) is 42.7. The van der Waals surface area contributed by atoms with Crippen molar-refractivity contribution in [3.8, 4) is 0 Å². The molecule has 3 heterocycles. The van der Waals surface area contributed by atoms with Crippen LogP contribution in [0.25, 0.3) is 0 Å². The number of benzene rings is 1. The van der Waals surface area contributed by atoms with Crippen molar-refractivity contribution in [3.05, 3.63) is 47.5 Å². The maximum absolute atomic E-state index is 12.7. The summed E-state index contributed by atoms with van der Waals surface area (Å²) in [5, 5.41) is 0. The Morgan fingerprint density at radius 1 is 1.31 bits per heavy atom. The minimum atomic E-state index is -0.857. The number of rotatable bonds is 2. The average Bonchev–Trinajstić information content (AvgIpc) is 2.66. The Kier molecular flexibility index (Phi) is 3.60. The maximum Gasteiger partial charge on any atom is 0.326 e. The topological polar surface area (TPSA) is 61.8 Å². The predicted octanol–water partition coefficient (Wildman–Crippen LogP) is 2.59. The highest BCUT2D eigenvalue weighted by molar-refractivity contribution is 9.10. The summed E-state index contributed by atoms with van der Waals surface area (Å²) in [4.78, 5) is 25.3. The van der Waals surface area contributed by atoms with Crippen molar-refractivity contribution >= 4 is 27.9 Å². The first-order chi connectivity index (χ1) is 12.6. The van der Waals surface area contributed by atoms with Gasteiger partial charge in [0.25, 0.3) is 0 Å². The van der Waals surface area contributed by atoms with Crippen LogP contribution < -0.4 is 0 Å². The van der Waals surface area contributed by atoms with E-state index in [0.717, 1.165) is 11.1 Å². The lowest BCUT2D eigenvalue weighted by Crippen LogP contribution is -2.70. The van der Waals surface area contributed by atoms with Crippen molar-refractivity contribution in [1.29, 1.82) is 0 Å². The number of fused-ring (bicyclic) bond motifs is 1. The molecule has 0 radical (unpaired) electrons. The van der Waals surface area contributed by atoms with Crippen LogP contribution in [0.5, 0.6) is 0 Å². The summed E-state index contributed by atoms with van der Waals surface area (Å²) in [6.07, 6.45) is 2.15. The number of halogens is 1. The lowest BCUT2D eigenvalue weighted by molar-refractivity contribution is -0.198. The van der Waals surface area contributed by atoms with Crippen molar-refractivity contribution in [2.75, 3.05) is 13.7 Å². The predicted molar refractivity (Wildman–Crippen MR) is 95.6 cm³/mol. The Labute approximate surface area is 159 Å². The van der Waals surface area contributed by atoms with Crippen LogP contribution in [-0.4, -0.2) is 42.2 Å². The molecule has 0 aromatic heterocycles. The fraction of sp³-hybridized carbons (Fsp3) is 0.500. The van der Waals surface area contributed by atoms with E-state index in [4.69, 9.17) is 14.2 Å². The van der Waals surface area contributed by atoms with Gasteiger partial charge in [0.1, 0.15) is 6.10 Å². The summed E-state index contributed by atoms with van der Waals surface area (Å²) >= 11 is 3.71. The molecular weight excluding hydrogens is 400 g/mol. The molecule has 0 amide bonds. The number of methoxy groups -OCH3 is 1. The van der Waals surface area contributed by atoms with Crippen LogP contribution in [0.1, 0.15) is 17.9 Å². The Morgan fingerprint density at radius 3 is 2.81 bits per heavy atom. The Hall–Kier alpha value is -1.66. The molecule has 5 nitrogen and oxygen atoms in total. The summed E-state index contributed by atoms with van der Waals surface area (Å²) < 4.78 is 16.0. The molecule has 6 heteroatoms. The van der Waals surface area contributed by atoms with Crippen LogP contribution in [0.3, 0.4) is 0 Å². The quantitative estimate of drug-likeness (QED) is 0.419. The van der Waals surface area contributed by atoms with Crippen LogP contribution in [0.4, 0.5) is 0 Å². The smallest absolute Gasteiger partial charge is 0.326 e. The number of carbonyl (C=O) groups excluding carboxylic acids is 2. The van der Waals surface area contributed by atoms with Gasteiger partial charge in [0, 0.05) is 18.3 Å². The summed E-state index contributed by atoms with van der Waals surface area (Å²) in [7, 11) is 1.42. The number of ether oxygens (including phenoxy) is 3. The number of esters is 2. The first-order valence-corrected chi connectivity index (χ1v) is 9.71. The molecule has 4 fully saturated rings. The molecule has 4 bridgehead atoms. The zero-order chi connectivity index (χ0) is 18.1. The van der Waals surface area contributed by atoms with Gasteiger partial charge in [-0.2, -0.15) is 0 Å². The maximum atomic E-state index is 12.7. The van der Waals surface area contributed by atoms with E-state index in [2.05, 4.69) is 15.9 Å². The second-order valence-corrected chi connectivity index (χ2v) is 8.83. The summed E-state index contributed by atoms with van der Waals surface area (Å²) in [6.45, 7) is 0.521. The molecule has 1 aromatic carbocycles. The summed E-state index contributed by atoms with van der Waals surface area (Å²) in [6, 6.07) is 9.97. The monoisotopic (exact) mass is 418 g/mol. The third-order valence-electron chi connectivity index (χ3n) is 6.44. The van der Waals surface area contributed by atoms with Crippen LogP contribution >= 0.6 is 15.9 Å². The van der Waals surface area contributed by atoms with E-state index in [1.165, 1.54) is 7.11 Å². The molecule has 3 aliphatic heterocycles. The van der Waals surface area contributed by atoms with E-state index in [1.54, 1.807) is 0 Å². The van der Waals surface area contributed by atoms with Crippen molar-refractivity contribution in [3.63, 3.8) is 0 Å². The summed E-state index contributed by atoms with van der Waals surface area (Å²) in [5.74, 6) is -1.02. The summed E-state index contributed by atoms with van der Waals surface area (Å²) in [5.41, 5.74) is 2.12. The average molecular weight is 419 g/mol. The molecule has 1 saturated carbocycles. The molecule has 0 N–H and O–H groups in total. The van der Waals surface area contributed by atoms with Crippen LogP contribution in [0, 0.1) is 17.8 Å². The van der Waals surface area contributed by atoms with Gasteiger partial charge < -0.3 is 14.2 Å². The highest BCUT2D eigenvalue weighted by atomic mass is 79.9. The molecule has 5 aliphatic rings. The lowest BCUT2D eigenvalue weighted by Gasteiger charge is -2.61. The third-order valence-corrected chi connectivity index (χ3v) is 7.77. The van der Waals surface area contributed by atoms with Crippen molar-refractivity contribution in [2.45, 2.75) is 28.9 Å². The standard InChI is InChI=1S/C20H19BrO5/c1-24-18(22)12-7-11-14-8-15-20(21,19(23)26-14)17(11)13(9-25-15)16(12)10-5-3-2-4-6-10/h2-7,12-17H,8-9H2,1H3/t12-,13?,14?,15?,16-,17?,20?/m1/s1. The van der Waals surface area contributed by atoms with Crippen molar-refractivity contribution in [2.24, 2.45) is 17.8 Å². The second kappa shape index (κ2) is 5.67. The molecule has 0 spiro atoms. The highest BCUT2D eigenvalue weighted by Gasteiger charge is 2.69. The van der Waals surface area contributed by atoms with Gasteiger partial charge >= 0.3 is 11.9 Å². The van der Waals surface area contributed by atoms with E-state index in [-0.39, 0.29) is 41.9 Å². The van der Waals surface area contributed by atoms with Crippen LogP contribution in [0.2, 0.25) is 0 Å². The number of hydrogen-bond donors (Lipinski definition) is 0. The third kappa shape index (κ3) is 2.00. The molecule has 6 rings (SSSR count). The van der Waals surface area contributed by atoms with E-state index in [1.807, 2.05) is 36.4 Å². The van der Waals surface area contributed by atoms with Crippen molar-refractivity contribution in [1.82, 2.24) is 0 Å². The number of carbonyl (C=O) groups is 2. The SMILES string of the molecule is COC(=O)[C@@H]1C=C2C3CC4OCC(C2C4(Br)C(=O)O3)[C@@H]1c1ccccc1. The second-order valence-electron chi connectivity index (χ2n) is 7.51. The molecule has 136 valence electrons. The van der Waals surface area contributed by atoms with Crippen LogP contribution in [-0.2, 0) is 23.8 Å². The van der Waals surface area contributed by atoms with Gasteiger partial charge in [-0.15, -0.1) is 0 Å². The van der Waals surface area contributed by atoms with E-state index in [9.17, 15) is 9.59 Å². The molecule has 5 unspecified atom stereocenters. The minimum Gasteiger partial charge on any atom is -0.469 e. The zero-order valence-electron chi connectivity index (χ0n) is 14.3. The van der Waals surface area contributed by atoms with Gasteiger partial charge in [-0.05, 0) is 17.1 Å². The van der Waals surface area contributed by atoms with E-state index < -0.39 is 10.2 Å². The molecular formula is C20H19BrO5. The first kappa shape index (κ1) is 16.5. The molecule has 7 atom stereocenters. The van der Waals surface area contributed by atoms with Gasteiger partial charge in [-0.3, -0.25) is 9.59 Å². The van der Waals surface area contributed by atoms with Crippen molar-refractivity contribution < 1.29 is 23.8 Å². The zero-order valence-corrected chi connectivity index (χ0v) is 15.8. The van der Waals surface area contributed by atoms with Gasteiger partial charge in [0.15, 0.2) is 4.32 Å². The Balaban J connectivity index is 1.70. The van der Waals surface area contributed by atoms with Gasteiger partial charge in [-0.25, -0.2) is 0 Å². The van der Waals surface area contributed by atoms with Crippen LogP contribution in [0.15, 0.2) is 42.0 Å². The number of hydrogen-bond acceptors (Lipinski definition) is 5. The van der Waals surface area contributed by atoms with Gasteiger partial charge in [0.2, 0.25) is 0 Å². The molecule has 26 heavy (non-hydrogen) atoms. The molecule has 2 aliphatic carbocycles. The highest BCUT2D eigenvalue weighted by Crippen LogP contribution is 2.62.